The molecule has 1 rings (SSSR count). The Morgan fingerprint density at radius 2 is 1.72 bits per heavy atom. The highest BCUT2D eigenvalue weighted by Crippen LogP contribution is 2.25. The molecule has 0 saturated heterocycles. The zero-order valence-electron chi connectivity index (χ0n) is 9.95. The summed E-state index contributed by atoms with van der Waals surface area (Å²) in [6.07, 6.45) is -2.74. The van der Waals surface area contributed by atoms with Crippen LogP contribution in [0.4, 0.5) is 13.2 Å². The quantitative estimate of drug-likeness (QED) is 0.848. The molecule has 0 aromatic heterocycles. The van der Waals surface area contributed by atoms with Gasteiger partial charge < -0.3 is 0 Å². The van der Waals surface area contributed by atoms with E-state index in [9.17, 15) is 21.6 Å². The largest absolute Gasteiger partial charge is 0.392 e. The van der Waals surface area contributed by atoms with Gasteiger partial charge in [0.05, 0.1) is 11.3 Å². The molecule has 18 heavy (non-hydrogen) atoms. The van der Waals surface area contributed by atoms with Gasteiger partial charge in [-0.2, -0.15) is 13.2 Å². The lowest BCUT2D eigenvalue weighted by Crippen LogP contribution is -2.07. The normalized spacial score (nSPS) is 13.7. The van der Waals surface area contributed by atoms with E-state index in [2.05, 4.69) is 0 Å². The van der Waals surface area contributed by atoms with Crippen molar-refractivity contribution in [1.29, 1.82) is 0 Å². The second-order valence-corrected chi connectivity index (χ2v) is 6.14. The minimum absolute atomic E-state index is 0.146. The molecule has 0 heterocycles. The number of alkyl halides is 3. The number of hydrogen-bond donors (Lipinski definition) is 0. The van der Waals surface area contributed by atoms with Gasteiger partial charge in [-0.05, 0) is 24.6 Å². The fraction of sp³-hybridized carbons (Fsp3) is 0.333. The maximum Gasteiger partial charge on any atom is 0.392 e. The zero-order chi connectivity index (χ0) is 14.0. The summed E-state index contributed by atoms with van der Waals surface area (Å²) in [5, 5.41) is 0. The molecule has 0 amide bonds. The predicted octanol–water partition coefficient (Wildman–Crippen LogP) is 3.45. The van der Waals surface area contributed by atoms with E-state index in [4.69, 9.17) is 0 Å². The number of rotatable bonds is 3. The molecule has 0 N–H and O–H groups in total. The molecule has 0 saturated carbocycles. The molecule has 0 aliphatic rings. The van der Waals surface area contributed by atoms with E-state index in [1.54, 1.807) is 0 Å². The minimum Gasteiger partial charge on any atom is -0.224 e. The first-order valence-electron chi connectivity index (χ1n) is 5.12. The van der Waals surface area contributed by atoms with E-state index in [0.29, 0.717) is 5.56 Å². The van der Waals surface area contributed by atoms with Crippen LogP contribution in [-0.2, 0) is 9.84 Å². The van der Waals surface area contributed by atoms with Crippen LogP contribution < -0.4 is 0 Å². The molecule has 0 fully saturated rings. The topological polar surface area (TPSA) is 34.1 Å². The molecular weight excluding hydrogens is 265 g/mol. The third-order valence-corrected chi connectivity index (χ3v) is 3.33. The Kier molecular flexibility index (Phi) is 4.21. The molecule has 2 nitrogen and oxygen atoms in total. The number of halogens is 3. The van der Waals surface area contributed by atoms with Crippen molar-refractivity contribution < 1.29 is 21.6 Å². The molecule has 0 radical (unpaired) electrons. The van der Waals surface area contributed by atoms with E-state index in [0.717, 1.165) is 6.26 Å². The molecule has 100 valence electrons. The lowest BCUT2D eigenvalue weighted by atomic mass is 10.1. The average Bonchev–Trinajstić information content (AvgIpc) is 2.13. The standard InChI is InChI=1S/C12H13F3O2S/c1-9(8-12(13,14)15)7-10-3-5-11(6-4-10)18(2,16)17/h3-7H,8H2,1-2H3. The van der Waals surface area contributed by atoms with Gasteiger partial charge in [-0.15, -0.1) is 0 Å². The van der Waals surface area contributed by atoms with Gasteiger partial charge in [-0.3, -0.25) is 0 Å². The maximum absolute atomic E-state index is 12.1. The van der Waals surface area contributed by atoms with Crippen molar-refractivity contribution in [1.82, 2.24) is 0 Å². The molecule has 0 bridgehead atoms. The van der Waals surface area contributed by atoms with Crippen molar-refractivity contribution in [2.24, 2.45) is 0 Å². The van der Waals surface area contributed by atoms with Gasteiger partial charge in [0, 0.05) is 6.26 Å². The van der Waals surface area contributed by atoms with Gasteiger partial charge in [0.25, 0.3) is 0 Å². The fourth-order valence-electron chi connectivity index (χ4n) is 1.46. The molecule has 0 unspecified atom stereocenters. The lowest BCUT2D eigenvalue weighted by molar-refractivity contribution is -0.126. The summed E-state index contributed by atoms with van der Waals surface area (Å²) in [5.41, 5.74) is 0.721. The Hall–Kier alpha value is -1.30. The van der Waals surface area contributed by atoms with Gasteiger partial charge in [0.2, 0.25) is 0 Å². The molecule has 1 aromatic carbocycles. The van der Waals surface area contributed by atoms with Crippen molar-refractivity contribution >= 4 is 15.9 Å². The first kappa shape index (κ1) is 14.8. The lowest BCUT2D eigenvalue weighted by Gasteiger charge is -2.06. The van der Waals surface area contributed by atoms with Crippen LogP contribution in [-0.4, -0.2) is 20.8 Å². The summed E-state index contributed by atoms with van der Waals surface area (Å²) in [6, 6.07) is 5.72. The van der Waals surface area contributed by atoms with E-state index in [-0.39, 0.29) is 10.5 Å². The molecule has 0 aliphatic carbocycles. The molecule has 0 atom stereocenters. The van der Waals surface area contributed by atoms with E-state index < -0.39 is 22.4 Å². The summed E-state index contributed by atoms with van der Waals surface area (Å²) in [5.74, 6) is 0. The SMILES string of the molecule is CC(=Cc1ccc(S(C)(=O)=O)cc1)CC(F)(F)F. The van der Waals surface area contributed by atoms with Crippen LogP contribution in [0, 0.1) is 0 Å². The molecule has 1 aromatic rings. The summed E-state index contributed by atoms with van der Waals surface area (Å²) < 4.78 is 58.7. The third-order valence-electron chi connectivity index (χ3n) is 2.20. The maximum atomic E-state index is 12.1. The zero-order valence-corrected chi connectivity index (χ0v) is 10.8. The Balaban J connectivity index is 2.90. The summed E-state index contributed by atoms with van der Waals surface area (Å²) >= 11 is 0. The van der Waals surface area contributed by atoms with Gasteiger partial charge in [-0.1, -0.05) is 23.8 Å². The minimum atomic E-state index is -4.23. The number of sulfone groups is 1. The molecule has 6 heteroatoms. The van der Waals surface area contributed by atoms with Crippen LogP contribution in [0.15, 0.2) is 34.7 Å². The monoisotopic (exact) mass is 278 g/mol. The van der Waals surface area contributed by atoms with Crippen LogP contribution in [0.1, 0.15) is 18.9 Å². The molecular formula is C12H13F3O2S. The van der Waals surface area contributed by atoms with Crippen LogP contribution in [0.5, 0.6) is 0 Å². The van der Waals surface area contributed by atoms with Crippen LogP contribution in [0.3, 0.4) is 0 Å². The van der Waals surface area contributed by atoms with Gasteiger partial charge in [0.15, 0.2) is 9.84 Å². The average molecular weight is 278 g/mol. The van der Waals surface area contributed by atoms with Gasteiger partial charge >= 0.3 is 6.18 Å². The fourth-order valence-corrected chi connectivity index (χ4v) is 2.09. The Morgan fingerprint density at radius 1 is 1.22 bits per heavy atom. The summed E-state index contributed by atoms with van der Waals surface area (Å²) in [6.45, 7) is 1.39. The Morgan fingerprint density at radius 3 is 2.11 bits per heavy atom. The number of benzene rings is 1. The van der Waals surface area contributed by atoms with Crippen LogP contribution in [0.25, 0.3) is 6.08 Å². The molecule has 0 spiro atoms. The van der Waals surface area contributed by atoms with Crippen molar-refractivity contribution in [3.63, 3.8) is 0 Å². The van der Waals surface area contributed by atoms with Crippen molar-refractivity contribution in [2.45, 2.75) is 24.4 Å². The first-order valence-corrected chi connectivity index (χ1v) is 7.01. The first-order chi connectivity index (χ1) is 8.08. The number of allylic oxidation sites excluding steroid dienone is 1. The van der Waals surface area contributed by atoms with Crippen molar-refractivity contribution in [3.8, 4) is 0 Å². The highest BCUT2D eigenvalue weighted by Gasteiger charge is 2.27. The second-order valence-electron chi connectivity index (χ2n) is 4.12. The van der Waals surface area contributed by atoms with Crippen molar-refractivity contribution in [3.05, 3.63) is 35.4 Å². The predicted molar refractivity (Wildman–Crippen MR) is 63.9 cm³/mol. The second kappa shape index (κ2) is 5.14. The summed E-state index contributed by atoms with van der Waals surface area (Å²) in [7, 11) is -3.28. The van der Waals surface area contributed by atoms with Crippen LogP contribution >= 0.6 is 0 Å². The van der Waals surface area contributed by atoms with Crippen molar-refractivity contribution in [2.75, 3.05) is 6.26 Å². The Labute approximate surface area is 104 Å². The van der Waals surface area contributed by atoms with Gasteiger partial charge in [-0.25, -0.2) is 8.42 Å². The Bertz CT molecular complexity index is 540. The smallest absolute Gasteiger partial charge is 0.224 e. The highest BCUT2D eigenvalue weighted by atomic mass is 32.2. The van der Waals surface area contributed by atoms with E-state index >= 15 is 0 Å². The summed E-state index contributed by atoms with van der Waals surface area (Å²) in [4.78, 5) is 0.146. The number of hydrogen-bond acceptors (Lipinski definition) is 2. The van der Waals surface area contributed by atoms with E-state index in [1.807, 2.05) is 0 Å². The highest BCUT2D eigenvalue weighted by molar-refractivity contribution is 7.90. The third kappa shape index (κ3) is 4.91. The molecule has 0 aliphatic heterocycles. The van der Waals surface area contributed by atoms with E-state index in [1.165, 1.54) is 37.3 Å². The van der Waals surface area contributed by atoms with Crippen LogP contribution in [0.2, 0.25) is 0 Å². The van der Waals surface area contributed by atoms with Gasteiger partial charge in [0.1, 0.15) is 0 Å².